The summed E-state index contributed by atoms with van der Waals surface area (Å²) in [6.07, 6.45) is 3.34. The predicted molar refractivity (Wildman–Crippen MR) is 168 cm³/mol. The fourth-order valence-electron chi connectivity index (χ4n) is 4.79. The number of carbonyl (C=O) groups is 1. The van der Waals surface area contributed by atoms with E-state index in [0.29, 0.717) is 34.4 Å². The molecule has 2 aliphatic rings. The lowest BCUT2D eigenvalue weighted by Gasteiger charge is -2.34. The fraction of sp³-hybridized carbons (Fsp3) is 0.345. The Labute approximate surface area is 254 Å². The van der Waals surface area contributed by atoms with Gasteiger partial charge in [-0.05, 0) is 62.4 Å². The molecule has 0 aliphatic carbocycles. The van der Waals surface area contributed by atoms with Gasteiger partial charge >= 0.3 is 0 Å². The second-order valence-corrected chi connectivity index (χ2v) is 12.1. The van der Waals surface area contributed by atoms with Crippen molar-refractivity contribution in [3.8, 4) is 0 Å². The van der Waals surface area contributed by atoms with E-state index in [4.69, 9.17) is 39.4 Å². The Morgan fingerprint density at radius 1 is 1.07 bits per heavy atom. The molecular weight excluding hydrogens is 581 g/mol. The average Bonchev–Trinajstić information content (AvgIpc) is 2.97. The van der Waals surface area contributed by atoms with Crippen molar-refractivity contribution >= 4 is 63.9 Å². The van der Waals surface area contributed by atoms with E-state index in [0.717, 1.165) is 60.2 Å². The van der Waals surface area contributed by atoms with E-state index in [1.54, 1.807) is 30.5 Å². The first-order valence-corrected chi connectivity index (χ1v) is 15.0. The van der Waals surface area contributed by atoms with Gasteiger partial charge in [-0.15, -0.1) is 0 Å². The third-order valence-electron chi connectivity index (χ3n) is 7.20. The number of aromatic nitrogens is 1. The zero-order chi connectivity index (χ0) is 28.9. The topological polar surface area (TPSA) is 122 Å². The molecule has 1 amide bonds. The number of aliphatic imine (C=N–C) groups is 1. The smallest absolute Gasteiger partial charge is 0.281 e. The number of halogens is 2. The number of piperazine rings is 1. The van der Waals surface area contributed by atoms with Gasteiger partial charge in [0.1, 0.15) is 11.7 Å². The van der Waals surface area contributed by atoms with Crippen LogP contribution < -0.4 is 21.7 Å². The van der Waals surface area contributed by atoms with Gasteiger partial charge in [0, 0.05) is 77.8 Å². The van der Waals surface area contributed by atoms with Gasteiger partial charge < -0.3 is 31.3 Å². The molecule has 2 fully saturated rings. The third-order valence-corrected chi connectivity index (χ3v) is 8.89. The maximum absolute atomic E-state index is 13.5. The number of rotatable bonds is 7. The first-order chi connectivity index (χ1) is 19.8. The minimum atomic E-state index is -0.461. The van der Waals surface area contributed by atoms with Crippen LogP contribution in [0, 0.1) is 0 Å². The van der Waals surface area contributed by atoms with Crippen molar-refractivity contribution in [2.75, 3.05) is 62.4 Å². The highest BCUT2D eigenvalue weighted by molar-refractivity contribution is 7.99. The van der Waals surface area contributed by atoms with Gasteiger partial charge in [0.25, 0.3) is 5.91 Å². The number of hydrogen-bond acceptors (Lipinski definition) is 8. The number of ether oxygens (including phenoxy) is 1. The van der Waals surface area contributed by atoms with Gasteiger partial charge in [-0.2, -0.15) is 4.99 Å². The van der Waals surface area contributed by atoms with Crippen LogP contribution >= 0.6 is 35.0 Å². The van der Waals surface area contributed by atoms with Crippen LogP contribution in [0.3, 0.4) is 0 Å². The summed E-state index contributed by atoms with van der Waals surface area (Å²) in [6, 6.07) is 13.0. The van der Waals surface area contributed by atoms with E-state index < -0.39 is 5.91 Å². The lowest BCUT2D eigenvalue weighted by molar-refractivity contribution is 0.0904. The summed E-state index contributed by atoms with van der Waals surface area (Å²) < 4.78 is 5.52. The number of nitrogens with two attached hydrogens (primary N) is 2. The van der Waals surface area contributed by atoms with Crippen molar-refractivity contribution in [1.82, 2.24) is 9.88 Å². The number of hydrogen-bond donors (Lipinski definition) is 3. The number of amidine groups is 1. The molecule has 0 atom stereocenters. The monoisotopic (exact) mass is 613 g/mol. The van der Waals surface area contributed by atoms with Gasteiger partial charge in [0.2, 0.25) is 0 Å². The predicted octanol–water partition coefficient (Wildman–Crippen LogP) is 5.01. The summed E-state index contributed by atoms with van der Waals surface area (Å²) in [5, 5.41) is 4.70. The Balaban J connectivity index is 1.41. The van der Waals surface area contributed by atoms with Crippen LogP contribution in [0.4, 0.5) is 17.2 Å². The molecule has 2 aliphatic heterocycles. The molecule has 2 aromatic carbocycles. The lowest BCUT2D eigenvalue weighted by atomic mass is 10.1. The second-order valence-electron chi connectivity index (χ2n) is 10.1. The highest BCUT2D eigenvalue weighted by atomic mass is 35.5. The number of nitrogens with zero attached hydrogens (tertiary/aromatic N) is 4. The zero-order valence-corrected chi connectivity index (χ0v) is 25.1. The van der Waals surface area contributed by atoms with Crippen LogP contribution in [0.2, 0.25) is 10.0 Å². The third kappa shape index (κ3) is 7.44. The summed E-state index contributed by atoms with van der Waals surface area (Å²) in [7, 11) is 2.13. The molecule has 0 unspecified atom stereocenters. The molecule has 3 heterocycles. The number of nitrogens with one attached hydrogen (secondary N) is 1. The minimum Gasteiger partial charge on any atom is -0.383 e. The van der Waals surface area contributed by atoms with Crippen LogP contribution in [0.15, 0.2) is 63.4 Å². The van der Waals surface area contributed by atoms with Gasteiger partial charge in [0.05, 0.1) is 16.1 Å². The molecule has 0 radical (unpaired) electrons. The van der Waals surface area contributed by atoms with Crippen LogP contribution in [-0.4, -0.2) is 74.1 Å². The summed E-state index contributed by atoms with van der Waals surface area (Å²) in [4.78, 5) is 28.2. The van der Waals surface area contributed by atoms with E-state index in [2.05, 4.69) is 32.1 Å². The Morgan fingerprint density at radius 3 is 2.59 bits per heavy atom. The number of benzene rings is 2. The van der Waals surface area contributed by atoms with Crippen molar-refractivity contribution < 1.29 is 9.53 Å². The second kappa shape index (κ2) is 13.3. The number of carbonyl (C=O) groups excluding carboxylic acids is 1. The van der Waals surface area contributed by atoms with Crippen molar-refractivity contribution in [2.45, 2.75) is 28.7 Å². The fourth-order valence-corrected chi connectivity index (χ4v) is 6.15. The molecule has 9 nitrogen and oxygen atoms in total. The number of nitrogen functional groups attached to an aromatic ring is 1. The molecule has 1 aromatic heterocycles. The normalized spacial score (nSPS) is 17.0. The summed E-state index contributed by atoms with van der Waals surface area (Å²) >= 11 is 13.8. The van der Waals surface area contributed by atoms with Crippen molar-refractivity contribution in [3.05, 3.63) is 69.8 Å². The largest absolute Gasteiger partial charge is 0.383 e. The molecule has 12 heteroatoms. The van der Waals surface area contributed by atoms with E-state index in [1.165, 1.54) is 11.8 Å². The first kappa shape index (κ1) is 29.5. The molecular formula is C29H33Cl2N7O2S. The quantitative estimate of drug-likeness (QED) is 0.249. The molecule has 0 spiro atoms. The summed E-state index contributed by atoms with van der Waals surface area (Å²) in [6.45, 7) is 5.19. The van der Waals surface area contributed by atoms with Crippen LogP contribution in [0.1, 0.15) is 28.8 Å². The molecule has 2 saturated heterocycles. The molecule has 0 saturated carbocycles. The van der Waals surface area contributed by atoms with Crippen LogP contribution in [0.5, 0.6) is 0 Å². The summed E-state index contributed by atoms with van der Waals surface area (Å²) in [5.74, 6) is -0.302. The standard InChI is InChI=1S/C29H33Cl2N7O2S/c1-37-8-10-38(11-9-37)20-3-4-22(25(15-20)35-19-6-12-40-13-7-19)29(39)36-28(33)23-16-21(17-34-27(23)32)41-26-14-18(30)2-5-24(26)31/h2-5,14-17,19,35H,6-13H2,1H3,(H2,32,34)(H2,33,36,39). The van der Waals surface area contributed by atoms with E-state index in [-0.39, 0.29) is 17.7 Å². The highest BCUT2D eigenvalue weighted by Crippen LogP contribution is 2.36. The summed E-state index contributed by atoms with van der Waals surface area (Å²) in [5.41, 5.74) is 15.1. The van der Waals surface area contributed by atoms with E-state index in [1.807, 2.05) is 18.2 Å². The van der Waals surface area contributed by atoms with E-state index in [9.17, 15) is 4.79 Å². The maximum Gasteiger partial charge on any atom is 0.281 e. The Bertz CT molecular complexity index is 1440. The molecule has 0 bridgehead atoms. The van der Waals surface area contributed by atoms with Crippen molar-refractivity contribution in [2.24, 2.45) is 10.7 Å². The number of anilines is 3. The van der Waals surface area contributed by atoms with Crippen molar-refractivity contribution in [3.63, 3.8) is 0 Å². The van der Waals surface area contributed by atoms with Gasteiger partial charge in [-0.1, -0.05) is 35.0 Å². The minimum absolute atomic E-state index is 0.0141. The van der Waals surface area contributed by atoms with E-state index >= 15 is 0 Å². The number of likely N-dealkylation sites (N-methyl/N-ethyl adjacent to an activating group) is 1. The van der Waals surface area contributed by atoms with Gasteiger partial charge in [-0.3, -0.25) is 4.79 Å². The number of pyridine rings is 1. The molecule has 41 heavy (non-hydrogen) atoms. The SMILES string of the molecule is CN1CCN(c2ccc(C(=O)N=C(N)c3cc(Sc4cc(Cl)ccc4Cl)cnc3N)c(NC3CCOCC3)c2)CC1. The average molecular weight is 615 g/mol. The molecule has 3 aromatic rings. The number of amides is 1. The molecule has 5 N–H and O–H groups in total. The molecule has 5 rings (SSSR count). The van der Waals surface area contributed by atoms with Crippen molar-refractivity contribution in [1.29, 1.82) is 0 Å². The van der Waals surface area contributed by atoms with Crippen LogP contribution in [-0.2, 0) is 4.74 Å². The highest BCUT2D eigenvalue weighted by Gasteiger charge is 2.21. The zero-order valence-electron chi connectivity index (χ0n) is 22.8. The Kier molecular flexibility index (Phi) is 9.57. The lowest BCUT2D eigenvalue weighted by Crippen LogP contribution is -2.44. The molecule has 216 valence electrons. The van der Waals surface area contributed by atoms with Gasteiger partial charge in [-0.25, -0.2) is 4.98 Å². The Hall–Kier alpha value is -3.02. The Morgan fingerprint density at radius 2 is 1.83 bits per heavy atom. The van der Waals surface area contributed by atoms with Gasteiger partial charge in [0.15, 0.2) is 0 Å². The van der Waals surface area contributed by atoms with Crippen LogP contribution in [0.25, 0.3) is 0 Å². The first-order valence-electron chi connectivity index (χ1n) is 13.5. The maximum atomic E-state index is 13.5.